The Morgan fingerprint density at radius 2 is 1.81 bits per heavy atom. The van der Waals surface area contributed by atoms with E-state index in [1.54, 1.807) is 19.2 Å². The Kier molecular flexibility index (Phi) is 6.71. The number of amides is 1. The smallest absolute Gasteiger partial charge is 0.251 e. The summed E-state index contributed by atoms with van der Waals surface area (Å²) in [5, 5.41) is 3.00. The molecule has 0 unspecified atom stereocenters. The first-order valence-electron chi connectivity index (χ1n) is 9.62. The molecule has 1 fully saturated rings. The highest BCUT2D eigenvalue weighted by Gasteiger charge is 2.16. The predicted octanol–water partition coefficient (Wildman–Crippen LogP) is 2.95. The summed E-state index contributed by atoms with van der Waals surface area (Å²) >= 11 is 0. The number of hydrogen-bond acceptors (Lipinski definition) is 4. The first-order chi connectivity index (χ1) is 13.2. The molecule has 5 nitrogen and oxygen atoms in total. The average Bonchev–Trinajstić information content (AvgIpc) is 2.71. The molecular formula is C22H29N3O2. The van der Waals surface area contributed by atoms with Crippen LogP contribution in [0.15, 0.2) is 48.5 Å². The summed E-state index contributed by atoms with van der Waals surface area (Å²) in [6.45, 7) is 8.11. The van der Waals surface area contributed by atoms with Gasteiger partial charge < -0.3 is 15.0 Å². The van der Waals surface area contributed by atoms with Crippen LogP contribution in [0.25, 0.3) is 0 Å². The van der Waals surface area contributed by atoms with Crippen molar-refractivity contribution >= 4 is 11.6 Å². The Bertz CT molecular complexity index is 737. The van der Waals surface area contributed by atoms with Gasteiger partial charge in [0, 0.05) is 44.0 Å². The van der Waals surface area contributed by atoms with Crippen molar-refractivity contribution < 1.29 is 9.53 Å². The van der Waals surface area contributed by atoms with Crippen molar-refractivity contribution in [1.29, 1.82) is 0 Å². The number of nitrogens with zero attached hydrogens (tertiary/aromatic N) is 2. The van der Waals surface area contributed by atoms with Gasteiger partial charge in [0.05, 0.1) is 7.11 Å². The molecule has 3 rings (SSSR count). The highest BCUT2D eigenvalue weighted by Crippen LogP contribution is 2.17. The Morgan fingerprint density at radius 3 is 2.48 bits per heavy atom. The van der Waals surface area contributed by atoms with Crippen LogP contribution in [0.3, 0.4) is 0 Å². The van der Waals surface area contributed by atoms with E-state index >= 15 is 0 Å². The van der Waals surface area contributed by atoms with Gasteiger partial charge in [0.1, 0.15) is 5.75 Å². The second kappa shape index (κ2) is 9.42. The van der Waals surface area contributed by atoms with Crippen molar-refractivity contribution in [2.24, 2.45) is 0 Å². The lowest BCUT2D eigenvalue weighted by Crippen LogP contribution is -2.47. The molecule has 0 spiro atoms. The topological polar surface area (TPSA) is 44.8 Å². The van der Waals surface area contributed by atoms with Gasteiger partial charge in [-0.1, -0.05) is 12.1 Å². The molecule has 27 heavy (non-hydrogen) atoms. The van der Waals surface area contributed by atoms with Crippen molar-refractivity contribution in [3.63, 3.8) is 0 Å². The van der Waals surface area contributed by atoms with Crippen LogP contribution in [0.2, 0.25) is 0 Å². The number of ether oxygens (including phenoxy) is 1. The minimum Gasteiger partial charge on any atom is -0.497 e. The van der Waals surface area contributed by atoms with E-state index in [1.807, 2.05) is 12.1 Å². The minimum absolute atomic E-state index is 0.0260. The molecule has 0 aromatic heterocycles. The number of carbonyl (C=O) groups excluding carboxylic acids is 1. The third kappa shape index (κ3) is 5.47. The lowest BCUT2D eigenvalue weighted by Gasteiger charge is -2.36. The summed E-state index contributed by atoms with van der Waals surface area (Å²) in [4.78, 5) is 17.1. The minimum atomic E-state index is -0.0260. The quantitative estimate of drug-likeness (QED) is 0.765. The normalized spacial score (nSPS) is 14.8. The van der Waals surface area contributed by atoms with Crippen LogP contribution in [0.4, 0.5) is 5.69 Å². The van der Waals surface area contributed by atoms with E-state index in [2.05, 4.69) is 46.3 Å². The van der Waals surface area contributed by atoms with Crippen LogP contribution in [-0.2, 0) is 0 Å². The highest BCUT2D eigenvalue weighted by atomic mass is 16.5. The molecule has 0 atom stereocenters. The van der Waals surface area contributed by atoms with E-state index in [0.717, 1.165) is 44.9 Å². The van der Waals surface area contributed by atoms with Crippen molar-refractivity contribution in [3.8, 4) is 5.75 Å². The second-order valence-electron chi connectivity index (χ2n) is 7.01. The van der Waals surface area contributed by atoms with Crippen LogP contribution in [0, 0.1) is 6.92 Å². The summed E-state index contributed by atoms with van der Waals surface area (Å²) in [6, 6.07) is 15.9. The zero-order valence-electron chi connectivity index (χ0n) is 16.3. The van der Waals surface area contributed by atoms with Crippen LogP contribution >= 0.6 is 0 Å². The number of piperazine rings is 1. The Balaban J connectivity index is 1.35. The van der Waals surface area contributed by atoms with Crippen molar-refractivity contribution in [1.82, 2.24) is 10.2 Å². The molecule has 1 amide bonds. The van der Waals surface area contributed by atoms with E-state index in [9.17, 15) is 4.79 Å². The molecule has 1 N–H and O–H groups in total. The van der Waals surface area contributed by atoms with Crippen molar-refractivity contribution in [2.45, 2.75) is 13.3 Å². The van der Waals surface area contributed by atoms with Gasteiger partial charge in [0.2, 0.25) is 0 Å². The fraction of sp³-hybridized carbons (Fsp3) is 0.409. The van der Waals surface area contributed by atoms with E-state index in [-0.39, 0.29) is 5.91 Å². The summed E-state index contributed by atoms with van der Waals surface area (Å²) in [6.07, 6.45) is 0.965. The molecule has 5 heteroatoms. The number of anilines is 1. The molecule has 0 aliphatic carbocycles. The Labute approximate surface area is 161 Å². The zero-order valence-corrected chi connectivity index (χ0v) is 16.3. The summed E-state index contributed by atoms with van der Waals surface area (Å²) in [5.41, 5.74) is 3.30. The molecule has 0 saturated carbocycles. The van der Waals surface area contributed by atoms with E-state index in [4.69, 9.17) is 4.74 Å². The van der Waals surface area contributed by atoms with E-state index in [1.165, 1.54) is 11.3 Å². The predicted molar refractivity (Wildman–Crippen MR) is 110 cm³/mol. The van der Waals surface area contributed by atoms with Gasteiger partial charge in [-0.25, -0.2) is 0 Å². The maximum atomic E-state index is 12.2. The maximum absolute atomic E-state index is 12.2. The number of aryl methyl sites for hydroxylation is 1. The standard InChI is InChI=1S/C22H29N3O2/c1-18-5-3-6-20(17-18)25-15-13-24(14-16-25)12-4-11-23-22(26)19-7-9-21(27-2)10-8-19/h3,5-10,17H,4,11-16H2,1-2H3,(H,23,26). The van der Waals surface area contributed by atoms with Gasteiger partial charge in [-0.3, -0.25) is 9.69 Å². The zero-order chi connectivity index (χ0) is 19.1. The van der Waals surface area contributed by atoms with Gasteiger partial charge in [-0.2, -0.15) is 0 Å². The number of methoxy groups -OCH3 is 1. The largest absolute Gasteiger partial charge is 0.497 e. The van der Waals surface area contributed by atoms with Gasteiger partial charge in [0.15, 0.2) is 0 Å². The monoisotopic (exact) mass is 367 g/mol. The van der Waals surface area contributed by atoms with Gasteiger partial charge in [0.25, 0.3) is 5.91 Å². The molecular weight excluding hydrogens is 338 g/mol. The fourth-order valence-corrected chi connectivity index (χ4v) is 3.40. The summed E-state index contributed by atoms with van der Waals surface area (Å²) < 4.78 is 5.12. The van der Waals surface area contributed by atoms with Gasteiger partial charge in [-0.15, -0.1) is 0 Å². The third-order valence-corrected chi connectivity index (χ3v) is 5.03. The van der Waals surface area contributed by atoms with Gasteiger partial charge >= 0.3 is 0 Å². The van der Waals surface area contributed by atoms with Crippen LogP contribution < -0.4 is 15.0 Å². The highest BCUT2D eigenvalue weighted by molar-refractivity contribution is 5.94. The number of rotatable bonds is 7. The number of hydrogen-bond donors (Lipinski definition) is 1. The fourth-order valence-electron chi connectivity index (χ4n) is 3.40. The molecule has 1 aliphatic rings. The van der Waals surface area contributed by atoms with Crippen molar-refractivity contribution in [3.05, 3.63) is 59.7 Å². The number of nitrogens with one attached hydrogen (secondary N) is 1. The SMILES string of the molecule is COc1ccc(C(=O)NCCCN2CCN(c3cccc(C)c3)CC2)cc1. The lowest BCUT2D eigenvalue weighted by atomic mass is 10.2. The summed E-state index contributed by atoms with van der Waals surface area (Å²) in [5.74, 6) is 0.735. The Morgan fingerprint density at radius 1 is 1.07 bits per heavy atom. The molecule has 0 radical (unpaired) electrons. The molecule has 1 aliphatic heterocycles. The molecule has 144 valence electrons. The molecule has 2 aromatic rings. The maximum Gasteiger partial charge on any atom is 0.251 e. The van der Waals surface area contributed by atoms with E-state index in [0.29, 0.717) is 12.1 Å². The lowest BCUT2D eigenvalue weighted by molar-refractivity contribution is 0.0951. The van der Waals surface area contributed by atoms with Crippen molar-refractivity contribution in [2.75, 3.05) is 51.3 Å². The molecule has 0 bridgehead atoms. The van der Waals surface area contributed by atoms with Crippen LogP contribution in [0.1, 0.15) is 22.3 Å². The number of benzene rings is 2. The van der Waals surface area contributed by atoms with E-state index < -0.39 is 0 Å². The first-order valence-corrected chi connectivity index (χ1v) is 9.62. The first kappa shape index (κ1) is 19.2. The second-order valence-corrected chi connectivity index (χ2v) is 7.01. The van der Waals surface area contributed by atoms with Crippen LogP contribution in [-0.4, -0.2) is 57.2 Å². The molecule has 1 heterocycles. The summed E-state index contributed by atoms with van der Waals surface area (Å²) in [7, 11) is 1.62. The van der Waals surface area contributed by atoms with Gasteiger partial charge in [-0.05, 0) is 61.9 Å². The third-order valence-electron chi connectivity index (χ3n) is 5.03. The average molecular weight is 367 g/mol. The Hall–Kier alpha value is -2.53. The van der Waals surface area contributed by atoms with Crippen LogP contribution in [0.5, 0.6) is 5.75 Å². The number of carbonyl (C=O) groups is 1. The molecule has 1 saturated heterocycles. The molecule has 2 aromatic carbocycles.